The maximum absolute atomic E-state index is 5.86. The lowest BCUT2D eigenvalue weighted by Crippen LogP contribution is -2.21. The monoisotopic (exact) mass is 283 g/mol. The summed E-state index contributed by atoms with van der Waals surface area (Å²) in [6.07, 6.45) is 0. The number of rotatable bonds is 3. The average molecular weight is 283 g/mol. The van der Waals surface area contributed by atoms with Gasteiger partial charge in [0.2, 0.25) is 0 Å². The van der Waals surface area contributed by atoms with Crippen molar-refractivity contribution in [2.45, 2.75) is 13.0 Å². The van der Waals surface area contributed by atoms with Crippen molar-refractivity contribution in [3.8, 4) is 0 Å². The van der Waals surface area contributed by atoms with Gasteiger partial charge in [-0.25, -0.2) is 4.98 Å². The van der Waals surface area contributed by atoms with Gasteiger partial charge in [0.05, 0.1) is 16.3 Å². The Bertz CT molecular complexity index is 702. The zero-order chi connectivity index (χ0) is 14.1. The molecule has 1 atom stereocenters. The molecule has 0 fully saturated rings. The van der Waals surface area contributed by atoms with Crippen LogP contribution in [0.25, 0.3) is 10.2 Å². The first-order valence-corrected chi connectivity index (χ1v) is 7.40. The molecule has 2 aromatic carbocycles. The molecule has 0 aliphatic rings. The predicted octanol–water partition coefficient (Wildman–Crippen LogP) is 4.08. The molecule has 102 valence electrons. The minimum Gasteiger partial charge on any atom is -0.399 e. The molecule has 0 aliphatic carbocycles. The van der Waals surface area contributed by atoms with Crippen LogP contribution >= 0.6 is 11.3 Å². The smallest absolute Gasteiger partial charge is 0.186 e. The minimum absolute atomic E-state index is 0.235. The SMILES string of the molecule is CC(c1cccc(N)c1)N(C)c1nc2ccccc2s1. The number of thiazole rings is 1. The van der Waals surface area contributed by atoms with E-state index in [1.165, 1.54) is 10.3 Å². The Kier molecular flexibility index (Phi) is 3.32. The number of fused-ring (bicyclic) bond motifs is 1. The van der Waals surface area contributed by atoms with Crippen LogP contribution in [0, 0.1) is 0 Å². The van der Waals surface area contributed by atoms with Gasteiger partial charge in [-0.3, -0.25) is 0 Å². The third kappa shape index (κ3) is 2.34. The largest absolute Gasteiger partial charge is 0.399 e. The topological polar surface area (TPSA) is 42.1 Å². The van der Waals surface area contributed by atoms with Crippen molar-refractivity contribution in [3.63, 3.8) is 0 Å². The molecule has 1 unspecified atom stereocenters. The van der Waals surface area contributed by atoms with Crippen LogP contribution in [-0.4, -0.2) is 12.0 Å². The van der Waals surface area contributed by atoms with E-state index in [9.17, 15) is 0 Å². The summed E-state index contributed by atoms with van der Waals surface area (Å²) in [5.74, 6) is 0. The summed E-state index contributed by atoms with van der Waals surface area (Å²) in [4.78, 5) is 6.89. The molecular weight excluding hydrogens is 266 g/mol. The van der Waals surface area contributed by atoms with Crippen LogP contribution < -0.4 is 10.6 Å². The van der Waals surface area contributed by atoms with Gasteiger partial charge >= 0.3 is 0 Å². The third-order valence-electron chi connectivity index (χ3n) is 3.56. The molecule has 0 saturated carbocycles. The summed E-state index contributed by atoms with van der Waals surface area (Å²) in [5.41, 5.74) is 8.92. The molecule has 0 amide bonds. The quantitative estimate of drug-likeness (QED) is 0.737. The lowest BCUT2D eigenvalue weighted by atomic mass is 10.1. The predicted molar refractivity (Wildman–Crippen MR) is 87.3 cm³/mol. The molecule has 1 aromatic heterocycles. The Morgan fingerprint density at radius 1 is 1.15 bits per heavy atom. The molecule has 4 heteroatoms. The normalized spacial score (nSPS) is 12.5. The highest BCUT2D eigenvalue weighted by molar-refractivity contribution is 7.22. The molecule has 0 spiro atoms. The first-order chi connectivity index (χ1) is 9.65. The molecular formula is C16H17N3S. The van der Waals surface area contributed by atoms with Crippen LogP contribution in [0.15, 0.2) is 48.5 Å². The van der Waals surface area contributed by atoms with Crippen LogP contribution in [0.5, 0.6) is 0 Å². The van der Waals surface area contributed by atoms with Gasteiger partial charge in [-0.05, 0) is 36.8 Å². The van der Waals surface area contributed by atoms with Crippen LogP contribution in [-0.2, 0) is 0 Å². The number of para-hydroxylation sites is 1. The average Bonchev–Trinajstić information content (AvgIpc) is 2.89. The highest BCUT2D eigenvalue weighted by Gasteiger charge is 2.16. The Morgan fingerprint density at radius 3 is 2.70 bits per heavy atom. The number of nitrogens with two attached hydrogens (primary N) is 1. The van der Waals surface area contributed by atoms with E-state index in [0.29, 0.717) is 0 Å². The van der Waals surface area contributed by atoms with Crippen molar-refractivity contribution < 1.29 is 0 Å². The number of hydrogen-bond acceptors (Lipinski definition) is 4. The van der Waals surface area contributed by atoms with Crippen molar-refractivity contribution in [3.05, 3.63) is 54.1 Å². The van der Waals surface area contributed by atoms with Gasteiger partial charge in [0.15, 0.2) is 5.13 Å². The maximum Gasteiger partial charge on any atom is 0.186 e. The molecule has 1 heterocycles. The van der Waals surface area contributed by atoms with Gasteiger partial charge in [-0.15, -0.1) is 0 Å². The molecule has 20 heavy (non-hydrogen) atoms. The molecule has 3 aromatic rings. The maximum atomic E-state index is 5.86. The Hall–Kier alpha value is -2.07. The summed E-state index contributed by atoms with van der Waals surface area (Å²) in [6.45, 7) is 2.17. The van der Waals surface area contributed by atoms with Crippen LogP contribution in [0.2, 0.25) is 0 Å². The van der Waals surface area contributed by atoms with E-state index in [4.69, 9.17) is 10.7 Å². The second kappa shape index (κ2) is 5.13. The summed E-state index contributed by atoms with van der Waals surface area (Å²) in [7, 11) is 2.07. The number of benzene rings is 2. The minimum atomic E-state index is 0.235. The Balaban J connectivity index is 1.93. The van der Waals surface area contributed by atoms with E-state index in [0.717, 1.165) is 16.3 Å². The molecule has 3 nitrogen and oxygen atoms in total. The fourth-order valence-electron chi connectivity index (χ4n) is 2.22. The van der Waals surface area contributed by atoms with Gasteiger partial charge in [0, 0.05) is 12.7 Å². The zero-order valence-electron chi connectivity index (χ0n) is 11.6. The molecule has 3 rings (SSSR count). The van der Waals surface area contributed by atoms with E-state index in [1.54, 1.807) is 11.3 Å². The van der Waals surface area contributed by atoms with Gasteiger partial charge in [-0.1, -0.05) is 35.6 Å². The lowest BCUT2D eigenvalue weighted by molar-refractivity contribution is 0.738. The summed E-state index contributed by atoms with van der Waals surface area (Å²) >= 11 is 1.72. The second-order valence-electron chi connectivity index (χ2n) is 4.92. The third-order valence-corrected chi connectivity index (χ3v) is 4.69. The molecule has 0 radical (unpaired) electrons. The Labute approximate surface area is 122 Å². The summed E-state index contributed by atoms with van der Waals surface area (Å²) in [5, 5.41) is 1.03. The van der Waals surface area contributed by atoms with Crippen molar-refractivity contribution in [2.24, 2.45) is 0 Å². The van der Waals surface area contributed by atoms with Crippen LogP contribution in [0.4, 0.5) is 10.8 Å². The van der Waals surface area contributed by atoms with Crippen molar-refractivity contribution in [1.82, 2.24) is 4.98 Å². The van der Waals surface area contributed by atoms with E-state index in [1.807, 2.05) is 36.4 Å². The second-order valence-corrected chi connectivity index (χ2v) is 5.93. The molecule has 0 saturated heterocycles. The number of anilines is 2. The number of nitrogens with zero attached hydrogens (tertiary/aromatic N) is 2. The zero-order valence-corrected chi connectivity index (χ0v) is 12.4. The van der Waals surface area contributed by atoms with Crippen LogP contribution in [0.3, 0.4) is 0 Å². The van der Waals surface area contributed by atoms with Crippen molar-refractivity contribution in [2.75, 3.05) is 17.7 Å². The van der Waals surface area contributed by atoms with Crippen molar-refractivity contribution in [1.29, 1.82) is 0 Å². The van der Waals surface area contributed by atoms with E-state index in [2.05, 4.69) is 31.0 Å². The van der Waals surface area contributed by atoms with Gasteiger partial charge in [0.1, 0.15) is 0 Å². The van der Waals surface area contributed by atoms with Gasteiger partial charge in [-0.2, -0.15) is 0 Å². The first kappa shape index (κ1) is 12.9. The van der Waals surface area contributed by atoms with Crippen molar-refractivity contribution >= 4 is 32.4 Å². The first-order valence-electron chi connectivity index (χ1n) is 6.59. The van der Waals surface area contributed by atoms with E-state index in [-0.39, 0.29) is 6.04 Å². The number of nitrogen functional groups attached to an aromatic ring is 1. The van der Waals surface area contributed by atoms with E-state index < -0.39 is 0 Å². The van der Waals surface area contributed by atoms with Crippen LogP contribution in [0.1, 0.15) is 18.5 Å². The molecule has 0 bridgehead atoms. The molecule has 0 aliphatic heterocycles. The highest BCUT2D eigenvalue weighted by Crippen LogP contribution is 2.32. The molecule has 2 N–H and O–H groups in total. The lowest BCUT2D eigenvalue weighted by Gasteiger charge is -2.24. The standard InChI is InChI=1S/C16H17N3S/c1-11(12-6-5-7-13(17)10-12)19(2)16-18-14-8-3-4-9-15(14)20-16/h3-11H,17H2,1-2H3. The highest BCUT2D eigenvalue weighted by atomic mass is 32.1. The van der Waals surface area contributed by atoms with Gasteiger partial charge in [0.25, 0.3) is 0 Å². The Morgan fingerprint density at radius 2 is 1.95 bits per heavy atom. The number of hydrogen-bond donors (Lipinski definition) is 1. The summed E-state index contributed by atoms with van der Waals surface area (Å²) in [6, 6.07) is 16.5. The number of aromatic nitrogens is 1. The fraction of sp³-hybridized carbons (Fsp3) is 0.188. The summed E-state index contributed by atoms with van der Waals surface area (Å²) < 4.78 is 1.22. The van der Waals surface area contributed by atoms with Gasteiger partial charge < -0.3 is 10.6 Å². The van der Waals surface area contributed by atoms with E-state index >= 15 is 0 Å². The fourth-order valence-corrected chi connectivity index (χ4v) is 3.23.